The third kappa shape index (κ3) is 3.76. The number of fused-ring (bicyclic) bond motifs is 1. The molecule has 1 aliphatic rings. The average Bonchev–Trinajstić information content (AvgIpc) is 2.60. The predicted molar refractivity (Wildman–Crippen MR) is 102 cm³/mol. The lowest BCUT2D eigenvalue weighted by atomic mass is 9.78. The fourth-order valence-corrected chi connectivity index (χ4v) is 3.46. The van der Waals surface area contributed by atoms with Crippen molar-refractivity contribution in [3.63, 3.8) is 0 Å². The minimum Gasteiger partial charge on any atom is -0.394 e. The van der Waals surface area contributed by atoms with E-state index in [4.69, 9.17) is 4.98 Å². The highest BCUT2D eigenvalue weighted by molar-refractivity contribution is 5.50. The highest BCUT2D eigenvalue weighted by Gasteiger charge is 2.32. The first-order chi connectivity index (χ1) is 11.9. The lowest BCUT2D eigenvalue weighted by Crippen LogP contribution is -2.42. The summed E-state index contributed by atoms with van der Waals surface area (Å²) in [5.74, 6) is 1.54. The van der Waals surface area contributed by atoms with Gasteiger partial charge in [0.25, 0.3) is 0 Å². The average molecular weight is 340 g/mol. The van der Waals surface area contributed by atoms with Gasteiger partial charge in [-0.25, -0.2) is 4.98 Å². The summed E-state index contributed by atoms with van der Waals surface area (Å²) in [7, 11) is 0. The van der Waals surface area contributed by atoms with E-state index in [2.05, 4.69) is 66.3 Å². The Balaban J connectivity index is 1.95. The maximum absolute atomic E-state index is 9.29. The van der Waals surface area contributed by atoms with Gasteiger partial charge in [-0.05, 0) is 24.5 Å². The van der Waals surface area contributed by atoms with Crippen LogP contribution >= 0.6 is 0 Å². The van der Waals surface area contributed by atoms with Gasteiger partial charge in [0.2, 0.25) is 5.95 Å². The van der Waals surface area contributed by atoms with Gasteiger partial charge in [-0.15, -0.1) is 0 Å². The van der Waals surface area contributed by atoms with Crippen molar-refractivity contribution in [1.82, 2.24) is 9.97 Å². The largest absolute Gasteiger partial charge is 0.394 e. The molecule has 1 aliphatic heterocycles. The van der Waals surface area contributed by atoms with Crippen LogP contribution in [0, 0.1) is 0 Å². The summed E-state index contributed by atoms with van der Waals surface area (Å²) >= 11 is 0. The second kappa shape index (κ2) is 7.00. The number of nitrogens with one attached hydrogen (secondary N) is 1. The molecular formula is C20H28N4O. The van der Waals surface area contributed by atoms with E-state index >= 15 is 0 Å². The molecule has 2 N–H and O–H groups in total. The Labute approximate surface area is 150 Å². The zero-order valence-corrected chi connectivity index (χ0v) is 15.6. The van der Waals surface area contributed by atoms with Crippen molar-refractivity contribution in [3.05, 3.63) is 47.2 Å². The number of aliphatic hydroxyl groups excluding tert-OH is 1. The molecular weight excluding hydrogens is 312 g/mol. The minimum atomic E-state index is -0.0709. The van der Waals surface area contributed by atoms with Crippen molar-refractivity contribution in [2.45, 2.75) is 52.1 Å². The Morgan fingerprint density at radius 3 is 2.76 bits per heavy atom. The van der Waals surface area contributed by atoms with E-state index in [0.29, 0.717) is 5.95 Å². The number of benzene rings is 1. The van der Waals surface area contributed by atoms with Crippen LogP contribution in [0.25, 0.3) is 0 Å². The summed E-state index contributed by atoms with van der Waals surface area (Å²) in [5.41, 5.74) is 3.85. The molecule has 1 aromatic carbocycles. The molecule has 2 aromatic rings. The second-order valence-electron chi connectivity index (χ2n) is 7.52. The van der Waals surface area contributed by atoms with Crippen molar-refractivity contribution in [1.29, 1.82) is 0 Å². The van der Waals surface area contributed by atoms with E-state index in [1.165, 1.54) is 11.1 Å². The van der Waals surface area contributed by atoms with E-state index in [1.54, 1.807) is 0 Å². The van der Waals surface area contributed by atoms with E-state index in [9.17, 15) is 5.11 Å². The first-order valence-corrected chi connectivity index (χ1v) is 9.01. The zero-order chi connectivity index (χ0) is 18.0. The van der Waals surface area contributed by atoms with Crippen molar-refractivity contribution in [2.75, 3.05) is 23.4 Å². The summed E-state index contributed by atoms with van der Waals surface area (Å²) in [6.07, 6.45) is 0.853. The minimum absolute atomic E-state index is 0.0547. The van der Waals surface area contributed by atoms with Gasteiger partial charge < -0.3 is 15.3 Å². The molecule has 1 aromatic heterocycles. The maximum Gasteiger partial charge on any atom is 0.225 e. The molecule has 25 heavy (non-hydrogen) atoms. The number of aryl methyl sites for hydroxylation is 1. The van der Waals surface area contributed by atoms with Gasteiger partial charge >= 0.3 is 0 Å². The molecule has 0 spiro atoms. The van der Waals surface area contributed by atoms with Crippen LogP contribution in [0.2, 0.25) is 0 Å². The number of hydrogen-bond acceptors (Lipinski definition) is 5. The highest BCUT2D eigenvalue weighted by Crippen LogP contribution is 2.35. The van der Waals surface area contributed by atoms with Crippen LogP contribution in [-0.2, 0) is 18.4 Å². The van der Waals surface area contributed by atoms with Gasteiger partial charge in [-0.1, -0.05) is 45.0 Å². The molecule has 0 amide bonds. The summed E-state index contributed by atoms with van der Waals surface area (Å²) in [5, 5.41) is 12.5. The first-order valence-electron chi connectivity index (χ1n) is 9.01. The van der Waals surface area contributed by atoms with E-state index < -0.39 is 0 Å². The Morgan fingerprint density at radius 2 is 2.04 bits per heavy atom. The van der Waals surface area contributed by atoms with Crippen LogP contribution in [0.15, 0.2) is 30.3 Å². The molecule has 0 bridgehead atoms. The van der Waals surface area contributed by atoms with Crippen LogP contribution in [0.5, 0.6) is 0 Å². The van der Waals surface area contributed by atoms with Gasteiger partial charge in [0, 0.05) is 36.3 Å². The van der Waals surface area contributed by atoms with Crippen molar-refractivity contribution in [2.24, 2.45) is 0 Å². The molecule has 0 saturated heterocycles. The summed E-state index contributed by atoms with van der Waals surface area (Å²) in [6, 6.07) is 10.7. The second-order valence-corrected chi connectivity index (χ2v) is 7.52. The Morgan fingerprint density at radius 1 is 1.28 bits per heavy atom. The Bertz CT molecular complexity index is 744. The maximum atomic E-state index is 9.29. The number of rotatable bonds is 5. The van der Waals surface area contributed by atoms with Gasteiger partial charge in [-0.3, -0.25) is 0 Å². The van der Waals surface area contributed by atoms with Crippen LogP contribution in [0.4, 0.5) is 11.8 Å². The third-order valence-electron chi connectivity index (χ3n) is 4.80. The molecule has 5 heteroatoms. The van der Waals surface area contributed by atoms with Crippen molar-refractivity contribution < 1.29 is 5.11 Å². The number of hydrogen-bond donors (Lipinski definition) is 2. The molecule has 0 saturated carbocycles. The standard InChI is InChI=1S/C20H28N4O/c1-5-16-10-18(23-19(22-16)21-14(2)12-25)24-11-15-8-6-7-9-17(15)20(3,4)13-24/h6-10,14,25H,5,11-13H2,1-4H3,(H,21,22,23)/t14-/m0/s1. The predicted octanol–water partition coefficient (Wildman–Crippen LogP) is 3.13. The molecule has 2 heterocycles. The summed E-state index contributed by atoms with van der Waals surface area (Å²) < 4.78 is 0. The Kier molecular flexibility index (Phi) is 4.95. The number of aliphatic hydroxyl groups is 1. The number of anilines is 2. The molecule has 5 nitrogen and oxygen atoms in total. The van der Waals surface area contributed by atoms with Gasteiger partial charge in [0.15, 0.2) is 0 Å². The van der Waals surface area contributed by atoms with Gasteiger partial charge in [0.1, 0.15) is 5.82 Å². The topological polar surface area (TPSA) is 61.3 Å². The summed E-state index contributed by atoms with van der Waals surface area (Å²) in [6.45, 7) is 10.4. The van der Waals surface area contributed by atoms with Crippen molar-refractivity contribution in [3.8, 4) is 0 Å². The summed E-state index contributed by atoms with van der Waals surface area (Å²) in [4.78, 5) is 11.6. The van der Waals surface area contributed by atoms with Gasteiger partial charge in [-0.2, -0.15) is 4.98 Å². The van der Waals surface area contributed by atoms with Gasteiger partial charge in [0.05, 0.1) is 6.61 Å². The van der Waals surface area contributed by atoms with Crippen LogP contribution in [0.3, 0.4) is 0 Å². The van der Waals surface area contributed by atoms with E-state index in [1.807, 2.05) is 6.92 Å². The third-order valence-corrected chi connectivity index (χ3v) is 4.80. The van der Waals surface area contributed by atoms with E-state index in [0.717, 1.165) is 31.0 Å². The lowest BCUT2D eigenvalue weighted by Gasteiger charge is -2.40. The zero-order valence-electron chi connectivity index (χ0n) is 15.6. The smallest absolute Gasteiger partial charge is 0.225 e. The lowest BCUT2D eigenvalue weighted by molar-refractivity contribution is 0.281. The fraction of sp³-hybridized carbons (Fsp3) is 0.500. The Hall–Kier alpha value is -2.14. The number of aromatic nitrogens is 2. The van der Waals surface area contributed by atoms with E-state index in [-0.39, 0.29) is 18.1 Å². The highest BCUT2D eigenvalue weighted by atomic mass is 16.3. The quantitative estimate of drug-likeness (QED) is 0.876. The van der Waals surface area contributed by atoms with Crippen molar-refractivity contribution >= 4 is 11.8 Å². The van der Waals surface area contributed by atoms with Crippen LogP contribution < -0.4 is 10.2 Å². The molecule has 0 unspecified atom stereocenters. The molecule has 0 radical (unpaired) electrons. The first kappa shape index (κ1) is 17.7. The molecule has 3 rings (SSSR count). The molecule has 134 valence electrons. The van der Waals surface area contributed by atoms with Crippen LogP contribution in [0.1, 0.15) is 44.5 Å². The number of nitrogens with zero attached hydrogens (tertiary/aromatic N) is 3. The normalized spacial score (nSPS) is 17.1. The van der Waals surface area contributed by atoms with Crippen LogP contribution in [-0.4, -0.2) is 34.3 Å². The molecule has 0 aliphatic carbocycles. The molecule has 0 fully saturated rings. The fourth-order valence-electron chi connectivity index (χ4n) is 3.46. The monoisotopic (exact) mass is 340 g/mol. The molecule has 1 atom stereocenters. The SMILES string of the molecule is CCc1cc(N2Cc3ccccc3C(C)(C)C2)nc(N[C@@H](C)CO)n1.